The molecule has 0 amide bonds. The van der Waals surface area contributed by atoms with Crippen molar-refractivity contribution in [2.24, 2.45) is 0 Å². The third kappa shape index (κ3) is 3.77. The van der Waals surface area contributed by atoms with Crippen molar-refractivity contribution in [3.63, 3.8) is 0 Å². The number of rotatable bonds is 5. The number of H-pyrrole nitrogens is 1. The van der Waals surface area contributed by atoms with E-state index >= 15 is 0 Å². The molecule has 2 fully saturated rings. The summed E-state index contributed by atoms with van der Waals surface area (Å²) in [5, 5.41) is 21.1. The number of aromatic amines is 1. The van der Waals surface area contributed by atoms with Gasteiger partial charge < -0.3 is 10.2 Å². The lowest BCUT2D eigenvalue weighted by Crippen LogP contribution is -2.52. The SMILES string of the molecule is c1ccc(C[C@H]2CN(c3cnnc(-c4ccc5n[nH]c(C6CC6)c5c4)n3)CCN2)cc1. The molecule has 1 saturated heterocycles. The fourth-order valence-electron chi connectivity index (χ4n) is 4.49. The minimum Gasteiger partial charge on any atom is -0.352 e. The molecule has 2 aliphatic rings. The number of benzene rings is 2. The number of piperazine rings is 1. The summed E-state index contributed by atoms with van der Waals surface area (Å²) in [6.45, 7) is 2.75. The van der Waals surface area contributed by atoms with Crippen molar-refractivity contribution in [2.75, 3.05) is 24.5 Å². The number of anilines is 1. The van der Waals surface area contributed by atoms with Crippen molar-refractivity contribution < 1.29 is 0 Å². The standard InChI is InChI=1S/C24H25N7/c1-2-4-16(5-3-1)12-19-15-31(11-10-25-19)22-14-26-30-24(27-22)18-8-9-21-20(13-18)23(29-28-21)17-6-7-17/h1-5,8-9,13-14,17,19,25H,6-7,10-12,15H2,(H,28,29)/t19-/m0/s1. The molecule has 31 heavy (non-hydrogen) atoms. The van der Waals surface area contributed by atoms with Gasteiger partial charge in [-0.15, -0.1) is 5.10 Å². The van der Waals surface area contributed by atoms with Gasteiger partial charge in [0.2, 0.25) is 0 Å². The van der Waals surface area contributed by atoms with Crippen LogP contribution in [0.1, 0.15) is 30.0 Å². The average molecular weight is 412 g/mol. The van der Waals surface area contributed by atoms with Gasteiger partial charge in [0, 0.05) is 48.2 Å². The van der Waals surface area contributed by atoms with E-state index < -0.39 is 0 Å². The molecule has 2 aromatic carbocycles. The fourth-order valence-corrected chi connectivity index (χ4v) is 4.49. The maximum atomic E-state index is 4.88. The highest BCUT2D eigenvalue weighted by molar-refractivity contribution is 5.86. The maximum absolute atomic E-state index is 4.88. The lowest BCUT2D eigenvalue weighted by molar-refractivity contribution is 0.452. The lowest BCUT2D eigenvalue weighted by Gasteiger charge is -2.34. The zero-order valence-corrected chi connectivity index (χ0v) is 17.3. The second kappa shape index (κ2) is 7.74. The monoisotopic (exact) mass is 411 g/mol. The van der Waals surface area contributed by atoms with Gasteiger partial charge in [-0.1, -0.05) is 30.3 Å². The predicted molar refractivity (Wildman–Crippen MR) is 121 cm³/mol. The van der Waals surface area contributed by atoms with Crippen molar-refractivity contribution >= 4 is 16.7 Å². The number of aromatic nitrogens is 5. The number of nitrogens with zero attached hydrogens (tertiary/aromatic N) is 5. The molecule has 1 atom stereocenters. The first-order valence-corrected chi connectivity index (χ1v) is 11.0. The molecule has 0 unspecified atom stereocenters. The van der Waals surface area contributed by atoms with E-state index in [2.05, 4.69) is 67.0 Å². The predicted octanol–water partition coefficient (Wildman–Crippen LogP) is 3.31. The highest BCUT2D eigenvalue weighted by Gasteiger charge is 2.27. The zero-order chi connectivity index (χ0) is 20.6. The first-order valence-electron chi connectivity index (χ1n) is 11.0. The topological polar surface area (TPSA) is 82.6 Å². The van der Waals surface area contributed by atoms with Gasteiger partial charge in [0.05, 0.1) is 11.7 Å². The van der Waals surface area contributed by atoms with Gasteiger partial charge in [0.25, 0.3) is 0 Å². The molecule has 1 saturated carbocycles. The Morgan fingerprint density at radius 1 is 1.06 bits per heavy atom. The number of nitrogens with one attached hydrogen (secondary N) is 2. The minimum absolute atomic E-state index is 0.387. The highest BCUT2D eigenvalue weighted by atomic mass is 15.3. The van der Waals surface area contributed by atoms with Gasteiger partial charge in [-0.05, 0) is 43.0 Å². The molecule has 0 radical (unpaired) electrons. The molecular weight excluding hydrogens is 386 g/mol. The van der Waals surface area contributed by atoms with Gasteiger partial charge in [-0.2, -0.15) is 10.2 Å². The summed E-state index contributed by atoms with van der Waals surface area (Å²) in [5.41, 5.74) is 4.58. The van der Waals surface area contributed by atoms with Crippen LogP contribution in [0.15, 0.2) is 54.7 Å². The van der Waals surface area contributed by atoms with Crippen LogP contribution in [-0.2, 0) is 6.42 Å². The Labute approximate surface area is 180 Å². The molecule has 156 valence electrons. The van der Waals surface area contributed by atoms with Crippen LogP contribution in [0.2, 0.25) is 0 Å². The van der Waals surface area contributed by atoms with E-state index in [1.54, 1.807) is 6.20 Å². The molecule has 2 N–H and O–H groups in total. The fraction of sp³-hybridized carbons (Fsp3) is 0.333. The largest absolute Gasteiger partial charge is 0.352 e. The quantitative estimate of drug-likeness (QED) is 0.524. The van der Waals surface area contributed by atoms with Crippen LogP contribution in [0.5, 0.6) is 0 Å². The molecular formula is C24H25N7. The van der Waals surface area contributed by atoms with Crippen LogP contribution >= 0.6 is 0 Å². The Balaban J connectivity index is 1.25. The summed E-state index contributed by atoms with van der Waals surface area (Å²) in [7, 11) is 0. The summed E-state index contributed by atoms with van der Waals surface area (Å²) in [5.74, 6) is 2.17. The van der Waals surface area contributed by atoms with E-state index in [1.807, 2.05) is 12.1 Å². The van der Waals surface area contributed by atoms with Crippen molar-refractivity contribution in [2.45, 2.75) is 31.2 Å². The molecule has 2 aromatic heterocycles. The van der Waals surface area contributed by atoms with Gasteiger partial charge >= 0.3 is 0 Å². The maximum Gasteiger partial charge on any atom is 0.183 e. The molecule has 4 aromatic rings. The van der Waals surface area contributed by atoms with Crippen LogP contribution in [0.4, 0.5) is 5.82 Å². The summed E-state index contributed by atoms with van der Waals surface area (Å²) in [6, 6.07) is 17.3. The highest BCUT2D eigenvalue weighted by Crippen LogP contribution is 2.42. The second-order valence-electron chi connectivity index (χ2n) is 8.57. The normalized spacial score (nSPS) is 19.1. The third-order valence-electron chi connectivity index (χ3n) is 6.28. The number of hydrogen-bond acceptors (Lipinski definition) is 6. The van der Waals surface area contributed by atoms with Crippen molar-refractivity contribution in [3.05, 3.63) is 66.0 Å². The Kier molecular flexibility index (Phi) is 4.61. The summed E-state index contributed by atoms with van der Waals surface area (Å²) >= 11 is 0. The number of hydrogen-bond donors (Lipinski definition) is 2. The molecule has 1 aliphatic carbocycles. The average Bonchev–Trinajstić information content (AvgIpc) is 3.58. The number of fused-ring (bicyclic) bond motifs is 1. The van der Waals surface area contributed by atoms with Crippen molar-refractivity contribution in [1.29, 1.82) is 0 Å². The molecule has 7 nitrogen and oxygen atoms in total. The molecule has 1 aliphatic heterocycles. The van der Waals surface area contributed by atoms with Gasteiger partial charge in [-0.3, -0.25) is 5.10 Å². The van der Waals surface area contributed by atoms with E-state index in [4.69, 9.17) is 4.98 Å². The van der Waals surface area contributed by atoms with E-state index in [0.717, 1.165) is 43.0 Å². The summed E-state index contributed by atoms with van der Waals surface area (Å²) in [6.07, 6.45) is 5.26. The van der Waals surface area contributed by atoms with Crippen LogP contribution in [0.25, 0.3) is 22.3 Å². The Morgan fingerprint density at radius 2 is 1.97 bits per heavy atom. The summed E-state index contributed by atoms with van der Waals surface area (Å²) in [4.78, 5) is 7.20. The van der Waals surface area contributed by atoms with Crippen LogP contribution < -0.4 is 10.2 Å². The van der Waals surface area contributed by atoms with Crippen LogP contribution in [-0.4, -0.2) is 51.1 Å². The minimum atomic E-state index is 0.387. The first kappa shape index (κ1) is 18.4. The van der Waals surface area contributed by atoms with E-state index in [-0.39, 0.29) is 0 Å². The Morgan fingerprint density at radius 3 is 2.84 bits per heavy atom. The van der Waals surface area contributed by atoms with E-state index in [1.165, 1.54) is 29.5 Å². The second-order valence-corrected chi connectivity index (χ2v) is 8.57. The molecule has 3 heterocycles. The van der Waals surface area contributed by atoms with Crippen molar-refractivity contribution in [1.82, 2.24) is 30.7 Å². The zero-order valence-electron chi connectivity index (χ0n) is 17.3. The first-order chi connectivity index (χ1) is 15.3. The molecule has 0 spiro atoms. The van der Waals surface area contributed by atoms with Gasteiger partial charge in [0.15, 0.2) is 11.6 Å². The van der Waals surface area contributed by atoms with E-state index in [0.29, 0.717) is 17.8 Å². The van der Waals surface area contributed by atoms with Crippen molar-refractivity contribution in [3.8, 4) is 11.4 Å². The smallest absolute Gasteiger partial charge is 0.183 e. The summed E-state index contributed by atoms with van der Waals surface area (Å²) < 4.78 is 0. The lowest BCUT2D eigenvalue weighted by atomic mass is 10.0. The van der Waals surface area contributed by atoms with Gasteiger partial charge in [0.1, 0.15) is 0 Å². The molecule has 7 heteroatoms. The Hall–Kier alpha value is -3.32. The van der Waals surface area contributed by atoms with E-state index in [9.17, 15) is 0 Å². The molecule has 6 rings (SSSR count). The van der Waals surface area contributed by atoms with Crippen LogP contribution in [0, 0.1) is 0 Å². The third-order valence-corrected chi connectivity index (χ3v) is 6.28. The van der Waals surface area contributed by atoms with Crippen LogP contribution in [0.3, 0.4) is 0 Å². The van der Waals surface area contributed by atoms with Gasteiger partial charge in [-0.25, -0.2) is 4.98 Å². The molecule has 0 bridgehead atoms. The Bertz CT molecular complexity index is 1200.